The van der Waals surface area contributed by atoms with Gasteiger partial charge in [-0.15, -0.1) is 0 Å². The summed E-state index contributed by atoms with van der Waals surface area (Å²) in [5.74, 6) is 0.269. The lowest BCUT2D eigenvalue weighted by atomic mass is 9.88. The maximum absolute atomic E-state index is 12.5. The monoisotopic (exact) mass is 416 g/mol. The van der Waals surface area contributed by atoms with Gasteiger partial charge in [-0.05, 0) is 48.6 Å². The molecule has 1 aliphatic carbocycles. The summed E-state index contributed by atoms with van der Waals surface area (Å²) in [4.78, 5) is 25.7. The third-order valence-corrected chi connectivity index (χ3v) is 5.30. The normalized spacial score (nSPS) is 16.4. The number of nitrogens with one attached hydrogen (secondary N) is 3. The second kappa shape index (κ2) is 9.76. The maximum atomic E-state index is 12.5. The van der Waals surface area contributed by atoms with Gasteiger partial charge < -0.3 is 20.3 Å². The molecule has 0 saturated heterocycles. The molecular formula is C22H27ClN3O3+. The number of likely N-dealkylation sites (N-methyl/N-ethyl adjacent to an activating group) is 1. The van der Waals surface area contributed by atoms with Gasteiger partial charge in [0.1, 0.15) is 5.75 Å². The van der Waals surface area contributed by atoms with Crippen molar-refractivity contribution in [2.75, 3.05) is 32.6 Å². The van der Waals surface area contributed by atoms with E-state index in [9.17, 15) is 9.59 Å². The fraction of sp³-hybridized carbons (Fsp3) is 0.364. The predicted molar refractivity (Wildman–Crippen MR) is 114 cm³/mol. The van der Waals surface area contributed by atoms with Gasteiger partial charge in [-0.1, -0.05) is 35.9 Å². The first-order valence-electron chi connectivity index (χ1n) is 9.78. The zero-order valence-electron chi connectivity index (χ0n) is 16.8. The van der Waals surface area contributed by atoms with E-state index in [1.165, 1.54) is 18.2 Å². The fourth-order valence-corrected chi connectivity index (χ4v) is 3.90. The van der Waals surface area contributed by atoms with Crippen LogP contribution < -0.4 is 20.3 Å². The molecule has 0 heterocycles. The van der Waals surface area contributed by atoms with Crippen molar-refractivity contribution in [3.05, 3.63) is 58.6 Å². The van der Waals surface area contributed by atoms with Gasteiger partial charge in [-0.2, -0.15) is 0 Å². The predicted octanol–water partition coefficient (Wildman–Crippen LogP) is 2.00. The second-order valence-corrected chi connectivity index (χ2v) is 7.85. The summed E-state index contributed by atoms with van der Waals surface area (Å²) in [6.45, 7) is 0.378. The van der Waals surface area contributed by atoms with Gasteiger partial charge in [0.2, 0.25) is 0 Å². The largest absolute Gasteiger partial charge is 0.495 e. The highest BCUT2D eigenvalue weighted by Crippen LogP contribution is 2.29. The van der Waals surface area contributed by atoms with Crippen molar-refractivity contribution in [1.82, 2.24) is 5.32 Å². The summed E-state index contributed by atoms with van der Waals surface area (Å²) in [5, 5.41) is 6.43. The van der Waals surface area contributed by atoms with Crippen molar-refractivity contribution in [2.24, 2.45) is 0 Å². The van der Waals surface area contributed by atoms with E-state index < -0.39 is 0 Å². The van der Waals surface area contributed by atoms with Gasteiger partial charge in [0.15, 0.2) is 13.1 Å². The highest BCUT2D eigenvalue weighted by Gasteiger charge is 2.23. The molecule has 2 aromatic rings. The third-order valence-electron chi connectivity index (χ3n) is 5.06. The van der Waals surface area contributed by atoms with Crippen molar-refractivity contribution in [1.29, 1.82) is 0 Å². The lowest BCUT2D eigenvalue weighted by Gasteiger charge is -2.26. The topological polar surface area (TPSA) is 71.9 Å². The highest BCUT2D eigenvalue weighted by atomic mass is 35.5. The Kier molecular flexibility index (Phi) is 7.12. The summed E-state index contributed by atoms with van der Waals surface area (Å²) < 4.78 is 5.24. The smallest absolute Gasteiger partial charge is 0.279 e. The number of benzene rings is 2. The van der Waals surface area contributed by atoms with Crippen molar-refractivity contribution in [3.63, 3.8) is 0 Å². The lowest BCUT2D eigenvalue weighted by Crippen LogP contribution is -3.11. The number of ether oxygens (including phenoxy) is 1. The number of aryl methyl sites for hydroxylation is 1. The van der Waals surface area contributed by atoms with Crippen LogP contribution in [0.15, 0.2) is 42.5 Å². The molecule has 1 unspecified atom stereocenters. The van der Waals surface area contributed by atoms with Gasteiger partial charge >= 0.3 is 0 Å². The Morgan fingerprint density at radius 3 is 2.72 bits per heavy atom. The molecule has 2 amide bonds. The molecule has 2 aromatic carbocycles. The van der Waals surface area contributed by atoms with Crippen molar-refractivity contribution >= 4 is 29.1 Å². The van der Waals surface area contributed by atoms with Crippen LogP contribution in [-0.4, -0.2) is 39.1 Å². The zero-order chi connectivity index (χ0) is 20.8. The molecule has 29 heavy (non-hydrogen) atoms. The zero-order valence-corrected chi connectivity index (χ0v) is 17.5. The van der Waals surface area contributed by atoms with Gasteiger partial charge in [0.25, 0.3) is 11.8 Å². The van der Waals surface area contributed by atoms with E-state index in [-0.39, 0.29) is 30.9 Å². The third kappa shape index (κ3) is 5.71. The van der Waals surface area contributed by atoms with Crippen molar-refractivity contribution in [2.45, 2.75) is 25.3 Å². The summed E-state index contributed by atoms with van der Waals surface area (Å²) >= 11 is 6.00. The van der Waals surface area contributed by atoms with E-state index in [1.54, 1.807) is 18.2 Å². The first-order chi connectivity index (χ1) is 14.0. The minimum absolute atomic E-state index is 0.0461. The number of quaternary nitrogens is 1. The molecule has 0 aromatic heterocycles. The molecule has 0 spiro atoms. The van der Waals surface area contributed by atoms with Crippen LogP contribution in [-0.2, 0) is 16.0 Å². The number of halogens is 1. The molecule has 3 N–H and O–H groups in total. The molecule has 0 radical (unpaired) electrons. The van der Waals surface area contributed by atoms with Gasteiger partial charge in [-0.3, -0.25) is 9.59 Å². The van der Waals surface area contributed by atoms with Crippen molar-refractivity contribution < 1.29 is 19.2 Å². The molecule has 0 fully saturated rings. The van der Waals surface area contributed by atoms with Gasteiger partial charge in [0, 0.05) is 5.02 Å². The average molecular weight is 417 g/mol. The quantitative estimate of drug-likeness (QED) is 0.646. The number of methoxy groups -OCH3 is 1. The Morgan fingerprint density at radius 2 is 1.93 bits per heavy atom. The number of amides is 2. The molecule has 6 nitrogen and oxygen atoms in total. The Morgan fingerprint density at radius 1 is 1.17 bits per heavy atom. The van der Waals surface area contributed by atoms with Crippen LogP contribution in [0.3, 0.4) is 0 Å². The second-order valence-electron chi connectivity index (χ2n) is 7.41. The van der Waals surface area contributed by atoms with Crippen LogP contribution in [0.2, 0.25) is 5.02 Å². The summed E-state index contributed by atoms with van der Waals surface area (Å²) in [6.07, 6.45) is 3.06. The first-order valence-corrected chi connectivity index (χ1v) is 10.2. The fourth-order valence-electron chi connectivity index (χ4n) is 3.73. The van der Waals surface area contributed by atoms with Crippen LogP contribution >= 0.6 is 11.6 Å². The van der Waals surface area contributed by atoms with Gasteiger partial charge in [0.05, 0.1) is 25.9 Å². The Hall–Kier alpha value is -2.57. The minimum atomic E-state index is -0.209. The van der Waals surface area contributed by atoms with Crippen LogP contribution in [0, 0.1) is 0 Å². The standard InChI is InChI=1S/C22H26ClN3O3/c1-26(14-22(28)25-19-12-16(23)10-11-20(19)29-2)13-21(27)24-18-9-5-7-15-6-3-4-8-17(15)18/h3-4,6,8,10-12,18H,5,7,9,13-14H2,1-2H3,(H,24,27)(H,25,28)/p+1/t18-/m1/s1. The molecule has 2 atom stereocenters. The van der Waals surface area contributed by atoms with Crippen LogP contribution in [0.4, 0.5) is 5.69 Å². The first kappa shape index (κ1) is 21.1. The molecule has 154 valence electrons. The lowest BCUT2D eigenvalue weighted by molar-refractivity contribution is -0.862. The van der Waals surface area contributed by atoms with Crippen LogP contribution in [0.5, 0.6) is 5.75 Å². The molecule has 0 saturated carbocycles. The number of hydrogen-bond acceptors (Lipinski definition) is 3. The number of anilines is 1. The number of carbonyl (C=O) groups excluding carboxylic acids is 2. The summed E-state index contributed by atoms with van der Waals surface area (Å²) in [6, 6.07) is 13.3. The molecule has 7 heteroatoms. The average Bonchev–Trinajstić information content (AvgIpc) is 2.68. The Bertz CT molecular complexity index is 887. The van der Waals surface area contributed by atoms with E-state index in [2.05, 4.69) is 22.8 Å². The van der Waals surface area contributed by atoms with Crippen LogP contribution in [0.25, 0.3) is 0 Å². The molecular weight excluding hydrogens is 390 g/mol. The number of rotatable bonds is 7. The number of hydrogen-bond donors (Lipinski definition) is 3. The Balaban J connectivity index is 1.52. The summed E-state index contributed by atoms with van der Waals surface area (Å²) in [7, 11) is 3.35. The maximum Gasteiger partial charge on any atom is 0.279 e. The molecule has 0 bridgehead atoms. The highest BCUT2D eigenvalue weighted by molar-refractivity contribution is 6.31. The molecule has 0 aliphatic heterocycles. The number of carbonyl (C=O) groups is 2. The van der Waals surface area contributed by atoms with E-state index in [4.69, 9.17) is 16.3 Å². The van der Waals surface area contributed by atoms with Crippen LogP contribution in [0.1, 0.15) is 30.0 Å². The summed E-state index contributed by atoms with van der Waals surface area (Å²) in [5.41, 5.74) is 3.02. The van der Waals surface area contributed by atoms with Crippen molar-refractivity contribution in [3.8, 4) is 5.75 Å². The van der Waals surface area contributed by atoms with E-state index in [1.807, 2.05) is 19.2 Å². The Labute approximate surface area is 176 Å². The minimum Gasteiger partial charge on any atom is -0.495 e. The van der Waals surface area contributed by atoms with E-state index in [0.29, 0.717) is 16.5 Å². The molecule has 1 aliphatic rings. The molecule has 3 rings (SSSR count). The van der Waals surface area contributed by atoms with E-state index in [0.717, 1.165) is 24.2 Å². The van der Waals surface area contributed by atoms with Gasteiger partial charge in [-0.25, -0.2) is 0 Å². The van der Waals surface area contributed by atoms with E-state index >= 15 is 0 Å². The number of fused-ring (bicyclic) bond motifs is 1. The SMILES string of the molecule is COc1ccc(Cl)cc1NC(=O)C[NH+](C)CC(=O)N[C@@H]1CCCc2ccccc21.